The zero-order valence-corrected chi connectivity index (χ0v) is 10.6. The molecule has 2 N–H and O–H groups in total. The highest BCUT2D eigenvalue weighted by Gasteiger charge is 2.08. The van der Waals surface area contributed by atoms with Crippen molar-refractivity contribution in [2.75, 3.05) is 0 Å². The lowest BCUT2D eigenvalue weighted by Crippen LogP contribution is -2.00. The van der Waals surface area contributed by atoms with Crippen molar-refractivity contribution >= 4 is 8.53 Å². The zero-order chi connectivity index (χ0) is 12.5. The van der Waals surface area contributed by atoms with E-state index in [4.69, 9.17) is 14.6 Å². The van der Waals surface area contributed by atoms with Crippen LogP contribution in [0, 0.1) is 0 Å². The second kappa shape index (κ2) is 7.66. The van der Waals surface area contributed by atoms with E-state index in [1.165, 1.54) is 0 Å². The van der Waals surface area contributed by atoms with Gasteiger partial charge in [-0.1, -0.05) is 36.9 Å². The van der Waals surface area contributed by atoms with Crippen LogP contribution in [0.25, 0.3) is 0 Å². The van der Waals surface area contributed by atoms with Gasteiger partial charge in [0, 0.05) is 0 Å². The predicted octanol–water partition coefficient (Wildman–Crippen LogP) is 3.91. The number of hydrogen-bond donors (Lipinski definition) is 1. The van der Waals surface area contributed by atoms with E-state index >= 15 is 0 Å². The Bertz CT molecular complexity index is 401. The molecule has 3 nitrogen and oxygen atoms in total. The summed E-state index contributed by atoms with van der Waals surface area (Å²) < 4.78 is 10.9. The molecule has 0 saturated carbocycles. The summed E-state index contributed by atoms with van der Waals surface area (Å²) in [6.07, 6.45) is 7.04. The van der Waals surface area contributed by atoms with Crippen molar-refractivity contribution in [2.24, 2.45) is 5.50 Å². The van der Waals surface area contributed by atoms with Crippen LogP contribution in [0.2, 0.25) is 0 Å². The number of nitrogens with two attached hydrogens (primary N) is 1. The quantitative estimate of drug-likeness (QED) is 0.472. The first kappa shape index (κ1) is 13.5. The van der Waals surface area contributed by atoms with Gasteiger partial charge < -0.3 is 9.05 Å². The Morgan fingerprint density at radius 3 is 2.65 bits per heavy atom. The normalized spacial score (nSPS) is 13.4. The van der Waals surface area contributed by atoms with Gasteiger partial charge in [-0.25, -0.2) is 5.50 Å². The Hall–Kier alpha value is -1.57. The van der Waals surface area contributed by atoms with Gasteiger partial charge in [0.2, 0.25) is 0 Å². The Labute approximate surface area is 103 Å². The highest BCUT2D eigenvalue weighted by molar-refractivity contribution is 7.45. The molecule has 1 unspecified atom stereocenters. The van der Waals surface area contributed by atoms with Crippen LogP contribution in [0.4, 0.5) is 0 Å². The van der Waals surface area contributed by atoms with E-state index in [2.05, 4.69) is 6.58 Å². The average Bonchev–Trinajstić information content (AvgIpc) is 2.30. The van der Waals surface area contributed by atoms with Crippen LogP contribution in [0.3, 0.4) is 0 Å². The molecular formula is C13H16NO2P. The maximum Gasteiger partial charge on any atom is 0.378 e. The molecule has 0 aliphatic heterocycles. The lowest BCUT2D eigenvalue weighted by molar-refractivity contribution is 0.419. The number of hydrogen-bond acceptors (Lipinski definition) is 3. The van der Waals surface area contributed by atoms with E-state index in [1.54, 1.807) is 18.2 Å². The van der Waals surface area contributed by atoms with Gasteiger partial charge in [-0.2, -0.15) is 0 Å². The Morgan fingerprint density at radius 1 is 1.35 bits per heavy atom. The largest absolute Gasteiger partial charge is 0.427 e. The smallest absolute Gasteiger partial charge is 0.378 e. The molecule has 1 aromatic rings. The van der Waals surface area contributed by atoms with Crippen molar-refractivity contribution in [2.45, 2.75) is 6.92 Å². The van der Waals surface area contributed by atoms with Crippen molar-refractivity contribution in [1.82, 2.24) is 0 Å². The van der Waals surface area contributed by atoms with Gasteiger partial charge in [-0.05, 0) is 31.2 Å². The fourth-order valence-electron chi connectivity index (χ4n) is 1.10. The van der Waals surface area contributed by atoms with E-state index in [1.807, 2.05) is 43.3 Å². The second-order valence-corrected chi connectivity index (χ2v) is 4.02. The maximum atomic E-state index is 5.78. The monoisotopic (exact) mass is 249 g/mol. The molecule has 0 bridgehead atoms. The molecule has 0 aliphatic rings. The first-order chi connectivity index (χ1) is 8.26. The molecule has 0 fully saturated rings. The summed E-state index contributed by atoms with van der Waals surface area (Å²) in [5.74, 6) is 1.33. The molecular weight excluding hydrogens is 233 g/mol. The van der Waals surface area contributed by atoms with Gasteiger partial charge in [-0.3, -0.25) is 0 Å². The zero-order valence-electron chi connectivity index (χ0n) is 9.74. The van der Waals surface area contributed by atoms with Gasteiger partial charge in [0.05, 0.1) is 0 Å². The van der Waals surface area contributed by atoms with E-state index < -0.39 is 8.53 Å². The standard InChI is InChI=1S/C13H16NO2P/c1-3-8-12(9-4-2)15-17(14)16-13-10-6-5-7-11-13/h3-11H,1,14H2,2H3/b9-4-,12-8+. The molecule has 0 heterocycles. The number of benzene rings is 1. The third-order valence-corrected chi connectivity index (χ3v) is 2.53. The van der Waals surface area contributed by atoms with Crippen LogP contribution in [-0.4, -0.2) is 0 Å². The van der Waals surface area contributed by atoms with Crippen LogP contribution in [-0.2, 0) is 4.52 Å². The number of allylic oxidation sites excluding steroid dienone is 4. The van der Waals surface area contributed by atoms with Gasteiger partial charge in [0.25, 0.3) is 0 Å². The lowest BCUT2D eigenvalue weighted by atomic mass is 10.3. The summed E-state index contributed by atoms with van der Waals surface area (Å²) >= 11 is 0. The highest BCUT2D eigenvalue weighted by Crippen LogP contribution is 2.34. The molecule has 1 aromatic carbocycles. The molecule has 0 saturated heterocycles. The molecule has 1 atom stereocenters. The van der Waals surface area contributed by atoms with E-state index in [0.29, 0.717) is 11.5 Å². The number of rotatable bonds is 6. The third-order valence-electron chi connectivity index (χ3n) is 1.75. The molecule has 90 valence electrons. The van der Waals surface area contributed by atoms with E-state index in [-0.39, 0.29) is 0 Å². The summed E-state index contributed by atoms with van der Waals surface area (Å²) in [5.41, 5.74) is 5.78. The molecule has 1 rings (SSSR count). The highest BCUT2D eigenvalue weighted by atomic mass is 31.2. The van der Waals surface area contributed by atoms with Crippen molar-refractivity contribution in [3.63, 3.8) is 0 Å². The lowest BCUT2D eigenvalue weighted by Gasteiger charge is -2.14. The molecule has 0 amide bonds. The summed E-state index contributed by atoms with van der Waals surface area (Å²) in [4.78, 5) is 0. The predicted molar refractivity (Wildman–Crippen MR) is 72.4 cm³/mol. The van der Waals surface area contributed by atoms with Crippen LogP contribution in [0.5, 0.6) is 5.75 Å². The van der Waals surface area contributed by atoms with Crippen LogP contribution in [0.1, 0.15) is 6.92 Å². The van der Waals surface area contributed by atoms with Crippen molar-refractivity contribution in [3.05, 3.63) is 67.0 Å². The first-order valence-electron chi connectivity index (χ1n) is 5.17. The molecule has 4 heteroatoms. The van der Waals surface area contributed by atoms with Crippen molar-refractivity contribution in [3.8, 4) is 5.75 Å². The van der Waals surface area contributed by atoms with Crippen LogP contribution >= 0.6 is 8.53 Å². The Balaban J connectivity index is 2.56. The summed E-state index contributed by atoms with van der Waals surface area (Å²) in [5, 5.41) is 0. The fourth-order valence-corrected chi connectivity index (χ4v) is 1.80. The summed E-state index contributed by atoms with van der Waals surface area (Å²) in [7, 11) is -1.49. The summed E-state index contributed by atoms with van der Waals surface area (Å²) in [6.45, 7) is 5.51. The van der Waals surface area contributed by atoms with Crippen LogP contribution < -0.4 is 10.0 Å². The maximum absolute atomic E-state index is 5.78. The topological polar surface area (TPSA) is 44.5 Å². The molecule has 17 heavy (non-hydrogen) atoms. The summed E-state index contributed by atoms with van der Waals surface area (Å²) in [6, 6.07) is 9.33. The van der Waals surface area contributed by atoms with Crippen molar-refractivity contribution in [1.29, 1.82) is 0 Å². The van der Waals surface area contributed by atoms with Gasteiger partial charge in [0.1, 0.15) is 11.5 Å². The average molecular weight is 249 g/mol. The van der Waals surface area contributed by atoms with Gasteiger partial charge >= 0.3 is 8.53 Å². The van der Waals surface area contributed by atoms with Gasteiger partial charge in [-0.15, -0.1) is 0 Å². The van der Waals surface area contributed by atoms with Crippen LogP contribution in [0.15, 0.2) is 67.0 Å². The molecule has 0 radical (unpaired) electrons. The van der Waals surface area contributed by atoms with Crippen molar-refractivity contribution < 1.29 is 9.05 Å². The Kier molecular flexibility index (Phi) is 6.08. The fraction of sp³-hybridized carbons (Fsp3) is 0.0769. The molecule has 0 aromatic heterocycles. The minimum absolute atomic E-state index is 0.632. The van der Waals surface area contributed by atoms with Gasteiger partial charge in [0.15, 0.2) is 0 Å². The van der Waals surface area contributed by atoms with E-state index in [0.717, 1.165) is 0 Å². The Morgan fingerprint density at radius 2 is 2.06 bits per heavy atom. The molecule has 0 aliphatic carbocycles. The second-order valence-electron chi connectivity index (χ2n) is 3.09. The SMILES string of the molecule is C=C/C=C(\C=C/C)OP(N)Oc1ccccc1. The minimum Gasteiger partial charge on any atom is -0.427 e. The first-order valence-corrected chi connectivity index (χ1v) is 6.42. The minimum atomic E-state index is -1.49. The molecule has 0 spiro atoms. The number of para-hydroxylation sites is 1. The van der Waals surface area contributed by atoms with E-state index in [9.17, 15) is 0 Å². The third kappa shape index (κ3) is 5.34.